The van der Waals surface area contributed by atoms with E-state index in [4.69, 9.17) is 0 Å². The molecule has 0 bridgehead atoms. The van der Waals surface area contributed by atoms with Crippen LogP contribution in [0.2, 0.25) is 0 Å². The molecule has 4 rings (SSSR count). The fourth-order valence-electron chi connectivity index (χ4n) is 3.68. The first-order chi connectivity index (χ1) is 16.0. The predicted molar refractivity (Wildman–Crippen MR) is 117 cm³/mol. The molecule has 0 radical (unpaired) electrons. The highest BCUT2D eigenvalue weighted by Crippen LogP contribution is 2.29. The van der Waals surface area contributed by atoms with Gasteiger partial charge < -0.3 is 10.2 Å². The Morgan fingerprint density at radius 1 is 1.12 bits per heavy atom. The van der Waals surface area contributed by atoms with Gasteiger partial charge in [-0.3, -0.25) is 4.79 Å². The number of nitrogens with zero attached hydrogens (tertiary/aromatic N) is 6. The maximum atomic E-state index is 13.1. The predicted octanol–water partition coefficient (Wildman–Crippen LogP) is 2.25. The van der Waals surface area contributed by atoms with Crippen LogP contribution < -0.4 is 10.2 Å². The molecule has 1 aromatic carbocycles. The zero-order valence-electron chi connectivity index (χ0n) is 18.3. The van der Waals surface area contributed by atoms with Crippen molar-refractivity contribution in [1.29, 1.82) is 0 Å². The lowest BCUT2D eigenvalue weighted by molar-refractivity contribution is -0.146. The van der Waals surface area contributed by atoms with Crippen LogP contribution in [0.25, 0.3) is 5.65 Å². The Kier molecular flexibility index (Phi) is 6.20. The van der Waals surface area contributed by atoms with Crippen molar-refractivity contribution in [3.8, 4) is 0 Å². The minimum atomic E-state index is -4.68. The number of rotatable bonds is 5. The van der Waals surface area contributed by atoms with Gasteiger partial charge >= 0.3 is 6.18 Å². The standard InChI is InChI=1S/C20H22F3N7O3S/c1-28(2)34(32,33)15-5-3-4-14(12-15)24-18(31)13-8-10-29(11-9-13)17-7-6-16-25-26-19(20(21,22)23)30(16)27-17/h3-7,12-13H,8-11H2,1-2H3,(H,24,31). The molecule has 0 unspecified atom stereocenters. The molecule has 1 aliphatic rings. The number of fused-ring (bicyclic) bond motifs is 1. The molecule has 1 fully saturated rings. The summed E-state index contributed by atoms with van der Waals surface area (Å²) in [6.45, 7) is 0.824. The van der Waals surface area contributed by atoms with E-state index in [9.17, 15) is 26.4 Å². The first-order valence-corrected chi connectivity index (χ1v) is 11.8. The number of halogens is 3. The summed E-state index contributed by atoms with van der Waals surface area (Å²) < 4.78 is 65.7. The number of nitrogens with one attached hydrogen (secondary N) is 1. The molecule has 10 nitrogen and oxygen atoms in total. The Morgan fingerprint density at radius 2 is 1.82 bits per heavy atom. The summed E-state index contributed by atoms with van der Waals surface area (Å²) >= 11 is 0. The van der Waals surface area contributed by atoms with Crippen molar-refractivity contribution in [2.24, 2.45) is 5.92 Å². The van der Waals surface area contributed by atoms with Crippen LogP contribution in [0, 0.1) is 5.92 Å². The van der Waals surface area contributed by atoms with E-state index >= 15 is 0 Å². The van der Waals surface area contributed by atoms with Gasteiger partial charge in [-0.25, -0.2) is 12.7 Å². The molecular weight excluding hydrogens is 475 g/mol. The van der Waals surface area contributed by atoms with Crippen molar-refractivity contribution < 1.29 is 26.4 Å². The van der Waals surface area contributed by atoms with Gasteiger partial charge in [0.05, 0.1) is 4.90 Å². The summed E-state index contributed by atoms with van der Waals surface area (Å²) in [7, 11) is -0.785. The molecule has 182 valence electrons. The maximum Gasteiger partial charge on any atom is 0.453 e. The second kappa shape index (κ2) is 8.83. The number of piperidine rings is 1. The van der Waals surface area contributed by atoms with Crippen molar-refractivity contribution in [1.82, 2.24) is 24.1 Å². The highest BCUT2D eigenvalue weighted by Gasteiger charge is 2.38. The number of anilines is 2. The topological polar surface area (TPSA) is 113 Å². The summed E-state index contributed by atoms with van der Waals surface area (Å²) in [4.78, 5) is 14.6. The van der Waals surface area contributed by atoms with Crippen LogP contribution in [0.5, 0.6) is 0 Å². The number of benzene rings is 1. The summed E-state index contributed by atoms with van der Waals surface area (Å²) in [5.41, 5.74) is 0.360. The van der Waals surface area contributed by atoms with Gasteiger partial charge in [0, 0.05) is 38.8 Å². The molecule has 1 aliphatic heterocycles. The first-order valence-electron chi connectivity index (χ1n) is 10.3. The molecule has 0 aliphatic carbocycles. The molecule has 1 N–H and O–H groups in total. The number of carbonyl (C=O) groups excluding carboxylic acids is 1. The molecule has 0 atom stereocenters. The molecule has 3 aromatic rings. The number of sulfonamides is 1. The molecule has 1 saturated heterocycles. The molecule has 2 aromatic heterocycles. The molecular formula is C20H22F3N7O3S. The van der Waals surface area contributed by atoms with Crippen molar-refractivity contribution in [2.75, 3.05) is 37.4 Å². The quantitative estimate of drug-likeness (QED) is 0.575. The summed E-state index contributed by atoms with van der Waals surface area (Å²) in [5, 5.41) is 13.5. The fourth-order valence-corrected chi connectivity index (χ4v) is 4.63. The average Bonchev–Trinajstić information content (AvgIpc) is 3.23. The fraction of sp³-hybridized carbons (Fsp3) is 0.400. The van der Waals surface area contributed by atoms with Crippen LogP contribution in [0.15, 0.2) is 41.3 Å². The number of amides is 1. The monoisotopic (exact) mass is 497 g/mol. The van der Waals surface area contributed by atoms with E-state index < -0.39 is 22.0 Å². The second-order valence-electron chi connectivity index (χ2n) is 8.05. The SMILES string of the molecule is CN(C)S(=O)(=O)c1cccc(NC(=O)C2CCN(c3ccc4nnc(C(F)(F)F)n4n3)CC2)c1. The van der Waals surface area contributed by atoms with E-state index in [1.807, 2.05) is 0 Å². The minimum absolute atomic E-state index is 0.0103. The van der Waals surface area contributed by atoms with E-state index in [0.29, 0.717) is 42.0 Å². The minimum Gasteiger partial charge on any atom is -0.355 e. The van der Waals surface area contributed by atoms with Crippen LogP contribution in [-0.4, -0.2) is 65.6 Å². The van der Waals surface area contributed by atoms with Crippen LogP contribution in [0.4, 0.5) is 24.7 Å². The van der Waals surface area contributed by atoms with Gasteiger partial charge in [0.25, 0.3) is 5.82 Å². The zero-order chi connectivity index (χ0) is 24.7. The van der Waals surface area contributed by atoms with Crippen LogP contribution in [0.1, 0.15) is 18.7 Å². The molecule has 1 amide bonds. The Labute approximate surface area is 193 Å². The van der Waals surface area contributed by atoms with Gasteiger partial charge in [-0.2, -0.15) is 17.7 Å². The maximum absolute atomic E-state index is 13.1. The molecule has 3 heterocycles. The summed E-state index contributed by atoms with van der Waals surface area (Å²) in [6, 6.07) is 9.00. The second-order valence-corrected chi connectivity index (χ2v) is 10.2. The zero-order valence-corrected chi connectivity index (χ0v) is 19.1. The normalized spacial score (nSPS) is 15.8. The number of hydrogen-bond acceptors (Lipinski definition) is 7. The Hall–Kier alpha value is -3.26. The van der Waals surface area contributed by atoms with E-state index in [1.165, 1.54) is 32.3 Å². The number of alkyl halides is 3. The van der Waals surface area contributed by atoms with Gasteiger partial charge in [-0.05, 0) is 43.2 Å². The van der Waals surface area contributed by atoms with E-state index in [1.54, 1.807) is 23.1 Å². The Bertz CT molecular complexity index is 1320. The lowest BCUT2D eigenvalue weighted by atomic mass is 9.96. The lowest BCUT2D eigenvalue weighted by Crippen LogP contribution is -2.38. The van der Waals surface area contributed by atoms with Crippen LogP contribution >= 0.6 is 0 Å². The Balaban J connectivity index is 1.42. The van der Waals surface area contributed by atoms with E-state index in [-0.39, 0.29) is 22.4 Å². The average molecular weight is 498 g/mol. The third-order valence-corrected chi connectivity index (χ3v) is 7.38. The van der Waals surface area contributed by atoms with Gasteiger partial charge in [-0.15, -0.1) is 15.3 Å². The molecule has 0 saturated carbocycles. The number of aromatic nitrogens is 4. The Morgan fingerprint density at radius 3 is 2.47 bits per heavy atom. The lowest BCUT2D eigenvalue weighted by Gasteiger charge is -2.32. The molecule has 14 heteroatoms. The molecule has 34 heavy (non-hydrogen) atoms. The van der Waals surface area contributed by atoms with Crippen LogP contribution in [0.3, 0.4) is 0 Å². The number of carbonyl (C=O) groups is 1. The molecule has 0 spiro atoms. The number of hydrogen-bond donors (Lipinski definition) is 1. The third kappa shape index (κ3) is 4.68. The summed E-state index contributed by atoms with van der Waals surface area (Å²) in [5.74, 6) is -1.45. The van der Waals surface area contributed by atoms with Gasteiger partial charge in [-0.1, -0.05) is 6.07 Å². The van der Waals surface area contributed by atoms with Gasteiger partial charge in [0.15, 0.2) is 5.65 Å². The largest absolute Gasteiger partial charge is 0.453 e. The smallest absolute Gasteiger partial charge is 0.355 e. The van der Waals surface area contributed by atoms with Crippen LogP contribution in [-0.2, 0) is 21.0 Å². The summed E-state index contributed by atoms with van der Waals surface area (Å²) in [6.07, 6.45) is -3.77. The third-order valence-electron chi connectivity index (χ3n) is 5.57. The highest BCUT2D eigenvalue weighted by atomic mass is 32.2. The highest BCUT2D eigenvalue weighted by molar-refractivity contribution is 7.89. The van der Waals surface area contributed by atoms with Gasteiger partial charge in [0.2, 0.25) is 15.9 Å². The first kappa shape index (κ1) is 23.9. The van der Waals surface area contributed by atoms with E-state index in [2.05, 4.69) is 20.6 Å². The van der Waals surface area contributed by atoms with Crippen molar-refractivity contribution in [3.05, 3.63) is 42.2 Å². The van der Waals surface area contributed by atoms with Crippen molar-refractivity contribution in [2.45, 2.75) is 23.9 Å². The van der Waals surface area contributed by atoms with E-state index in [0.717, 1.165) is 4.31 Å². The van der Waals surface area contributed by atoms with Crippen molar-refractivity contribution >= 4 is 33.1 Å². The van der Waals surface area contributed by atoms with Crippen molar-refractivity contribution in [3.63, 3.8) is 0 Å². The van der Waals surface area contributed by atoms with Gasteiger partial charge in [0.1, 0.15) is 5.82 Å².